The van der Waals surface area contributed by atoms with E-state index in [1.165, 1.54) is 6.92 Å². The van der Waals surface area contributed by atoms with E-state index in [2.05, 4.69) is 5.32 Å². The molecule has 0 saturated heterocycles. The molecule has 0 aliphatic rings. The molecular formula is C19H18Cl2FNO3. The van der Waals surface area contributed by atoms with Gasteiger partial charge in [0.15, 0.2) is 6.10 Å². The fourth-order valence-electron chi connectivity index (χ4n) is 2.31. The van der Waals surface area contributed by atoms with Gasteiger partial charge in [-0.1, -0.05) is 55.2 Å². The maximum absolute atomic E-state index is 13.5. The Hall–Kier alpha value is -2.11. The standard InChI is InChI=1S/C19H18Cl2FNO3/c1-10(2)12-6-4-5-7-17(12)23-18(24)11(3)26-19(25)13-8-16(22)15(21)9-14(13)20/h4-11H,1-3H3,(H,23,24)/t11-/m0/s1. The Morgan fingerprint density at radius 1 is 1.08 bits per heavy atom. The van der Waals surface area contributed by atoms with Crippen LogP contribution in [0.4, 0.5) is 10.1 Å². The quantitative estimate of drug-likeness (QED) is 0.539. The van der Waals surface area contributed by atoms with Crippen LogP contribution in [0.1, 0.15) is 42.6 Å². The number of nitrogens with one attached hydrogen (secondary N) is 1. The fourth-order valence-corrected chi connectivity index (χ4v) is 2.77. The first-order valence-corrected chi connectivity index (χ1v) is 8.71. The number of para-hydroxylation sites is 1. The van der Waals surface area contributed by atoms with Crippen molar-refractivity contribution < 1.29 is 18.7 Å². The van der Waals surface area contributed by atoms with Gasteiger partial charge in [-0.05, 0) is 36.6 Å². The second-order valence-corrected chi connectivity index (χ2v) is 6.84. The van der Waals surface area contributed by atoms with Crippen LogP contribution >= 0.6 is 23.2 Å². The third kappa shape index (κ3) is 4.74. The Morgan fingerprint density at radius 3 is 2.38 bits per heavy atom. The number of anilines is 1. The average Bonchev–Trinajstić information content (AvgIpc) is 2.58. The molecule has 0 radical (unpaired) electrons. The minimum atomic E-state index is -1.10. The Labute approximate surface area is 161 Å². The van der Waals surface area contributed by atoms with E-state index in [0.29, 0.717) is 5.69 Å². The Kier molecular flexibility index (Phi) is 6.62. The molecule has 0 bridgehead atoms. The van der Waals surface area contributed by atoms with E-state index in [0.717, 1.165) is 17.7 Å². The molecule has 0 aromatic heterocycles. The van der Waals surface area contributed by atoms with E-state index in [4.69, 9.17) is 27.9 Å². The number of hydrogen-bond acceptors (Lipinski definition) is 3. The van der Waals surface area contributed by atoms with Gasteiger partial charge in [0.1, 0.15) is 5.82 Å². The third-order valence-electron chi connectivity index (χ3n) is 3.72. The van der Waals surface area contributed by atoms with Gasteiger partial charge in [-0.25, -0.2) is 9.18 Å². The number of carbonyl (C=O) groups excluding carboxylic acids is 2. The molecule has 0 fully saturated rings. The van der Waals surface area contributed by atoms with Gasteiger partial charge in [-0.2, -0.15) is 0 Å². The van der Waals surface area contributed by atoms with E-state index in [-0.39, 0.29) is 21.5 Å². The number of ether oxygens (including phenoxy) is 1. The number of amides is 1. The lowest BCUT2D eigenvalue weighted by molar-refractivity contribution is -0.123. The summed E-state index contributed by atoms with van der Waals surface area (Å²) in [6, 6.07) is 9.35. The van der Waals surface area contributed by atoms with Gasteiger partial charge in [0.2, 0.25) is 0 Å². The van der Waals surface area contributed by atoms with Crippen LogP contribution < -0.4 is 5.32 Å². The number of halogens is 3. The highest BCUT2D eigenvalue weighted by molar-refractivity contribution is 6.36. The molecule has 26 heavy (non-hydrogen) atoms. The smallest absolute Gasteiger partial charge is 0.340 e. The van der Waals surface area contributed by atoms with Crippen molar-refractivity contribution in [3.8, 4) is 0 Å². The van der Waals surface area contributed by atoms with Gasteiger partial charge in [0, 0.05) is 5.69 Å². The van der Waals surface area contributed by atoms with E-state index >= 15 is 0 Å². The van der Waals surface area contributed by atoms with Gasteiger partial charge in [-0.3, -0.25) is 4.79 Å². The monoisotopic (exact) mass is 397 g/mol. The highest BCUT2D eigenvalue weighted by atomic mass is 35.5. The van der Waals surface area contributed by atoms with Crippen molar-refractivity contribution in [2.45, 2.75) is 32.8 Å². The van der Waals surface area contributed by atoms with Crippen molar-refractivity contribution in [3.05, 3.63) is 63.4 Å². The molecule has 2 aromatic carbocycles. The lowest BCUT2D eigenvalue weighted by Crippen LogP contribution is -2.30. The second kappa shape index (κ2) is 8.52. The molecule has 138 valence electrons. The zero-order chi connectivity index (χ0) is 19.4. The van der Waals surface area contributed by atoms with Crippen LogP contribution in [0.3, 0.4) is 0 Å². The van der Waals surface area contributed by atoms with Crippen molar-refractivity contribution in [2.75, 3.05) is 5.32 Å². The van der Waals surface area contributed by atoms with Gasteiger partial charge in [-0.15, -0.1) is 0 Å². The zero-order valence-corrected chi connectivity index (χ0v) is 16.0. The Morgan fingerprint density at radius 2 is 1.73 bits per heavy atom. The predicted molar refractivity (Wildman–Crippen MR) is 100 cm³/mol. The van der Waals surface area contributed by atoms with Crippen LogP contribution in [0, 0.1) is 5.82 Å². The lowest BCUT2D eigenvalue weighted by Gasteiger charge is -2.17. The Bertz CT molecular complexity index is 840. The number of carbonyl (C=O) groups is 2. The number of rotatable bonds is 5. The fraction of sp³-hybridized carbons (Fsp3) is 0.263. The number of benzene rings is 2. The molecule has 2 aromatic rings. The van der Waals surface area contributed by atoms with Crippen molar-refractivity contribution in [2.24, 2.45) is 0 Å². The summed E-state index contributed by atoms with van der Waals surface area (Å²) < 4.78 is 18.6. The van der Waals surface area contributed by atoms with Gasteiger partial charge in [0.25, 0.3) is 5.91 Å². The van der Waals surface area contributed by atoms with Gasteiger partial charge < -0.3 is 10.1 Å². The highest BCUT2D eigenvalue weighted by Gasteiger charge is 2.22. The first-order chi connectivity index (χ1) is 12.2. The molecule has 0 saturated carbocycles. The summed E-state index contributed by atoms with van der Waals surface area (Å²) in [7, 11) is 0. The average molecular weight is 398 g/mol. The minimum Gasteiger partial charge on any atom is -0.449 e. The van der Waals surface area contributed by atoms with Crippen molar-refractivity contribution >= 4 is 40.8 Å². The maximum atomic E-state index is 13.5. The van der Waals surface area contributed by atoms with Gasteiger partial charge >= 0.3 is 5.97 Å². The van der Waals surface area contributed by atoms with E-state index in [1.807, 2.05) is 26.0 Å². The van der Waals surface area contributed by atoms with Crippen LogP contribution in [0.5, 0.6) is 0 Å². The first-order valence-electron chi connectivity index (χ1n) is 7.96. The summed E-state index contributed by atoms with van der Waals surface area (Å²) >= 11 is 11.5. The number of esters is 1. The molecule has 2 rings (SSSR count). The van der Waals surface area contributed by atoms with E-state index < -0.39 is 23.8 Å². The largest absolute Gasteiger partial charge is 0.449 e. The number of hydrogen-bond donors (Lipinski definition) is 1. The minimum absolute atomic E-state index is 0.0563. The SMILES string of the molecule is CC(C)c1ccccc1NC(=O)[C@H](C)OC(=O)c1cc(F)c(Cl)cc1Cl. The molecule has 0 aliphatic carbocycles. The summed E-state index contributed by atoms with van der Waals surface area (Å²) in [5.41, 5.74) is 1.41. The van der Waals surface area contributed by atoms with Crippen molar-refractivity contribution in [1.82, 2.24) is 0 Å². The topological polar surface area (TPSA) is 55.4 Å². The summed E-state index contributed by atoms with van der Waals surface area (Å²) in [6.45, 7) is 5.43. The summed E-state index contributed by atoms with van der Waals surface area (Å²) in [4.78, 5) is 24.5. The molecule has 7 heteroatoms. The third-order valence-corrected chi connectivity index (χ3v) is 4.33. The molecule has 0 aliphatic heterocycles. The normalized spacial score (nSPS) is 12.0. The summed E-state index contributed by atoms with van der Waals surface area (Å²) in [5, 5.41) is 2.48. The molecule has 0 spiro atoms. The molecular weight excluding hydrogens is 380 g/mol. The summed E-state index contributed by atoms with van der Waals surface area (Å²) in [5.74, 6) is -2.01. The Balaban J connectivity index is 2.10. The molecule has 1 atom stereocenters. The molecule has 1 N–H and O–H groups in total. The zero-order valence-electron chi connectivity index (χ0n) is 14.5. The van der Waals surface area contributed by atoms with Crippen LogP contribution in [-0.2, 0) is 9.53 Å². The van der Waals surface area contributed by atoms with E-state index in [1.54, 1.807) is 12.1 Å². The predicted octanol–water partition coefficient (Wildman–Crippen LogP) is 5.44. The second-order valence-electron chi connectivity index (χ2n) is 6.02. The van der Waals surface area contributed by atoms with Crippen LogP contribution in [0.25, 0.3) is 0 Å². The first kappa shape index (κ1) is 20.2. The molecule has 0 heterocycles. The van der Waals surface area contributed by atoms with Crippen LogP contribution in [0.15, 0.2) is 36.4 Å². The van der Waals surface area contributed by atoms with Gasteiger partial charge in [0.05, 0.1) is 15.6 Å². The van der Waals surface area contributed by atoms with E-state index in [9.17, 15) is 14.0 Å². The lowest BCUT2D eigenvalue weighted by atomic mass is 10.0. The maximum Gasteiger partial charge on any atom is 0.340 e. The molecule has 4 nitrogen and oxygen atoms in total. The highest BCUT2D eigenvalue weighted by Crippen LogP contribution is 2.26. The van der Waals surface area contributed by atoms with Crippen LogP contribution in [0.2, 0.25) is 10.0 Å². The van der Waals surface area contributed by atoms with Crippen molar-refractivity contribution in [1.29, 1.82) is 0 Å². The molecule has 0 unspecified atom stereocenters. The molecule has 1 amide bonds. The summed E-state index contributed by atoms with van der Waals surface area (Å²) in [6.07, 6.45) is -1.10. The van der Waals surface area contributed by atoms with Crippen molar-refractivity contribution in [3.63, 3.8) is 0 Å². The van der Waals surface area contributed by atoms with Crippen LogP contribution in [-0.4, -0.2) is 18.0 Å².